The number of aryl methyl sites for hydroxylation is 2. The second kappa shape index (κ2) is 7.62. The molecule has 0 aliphatic heterocycles. The molecule has 6 heteroatoms. The van der Waals surface area contributed by atoms with Gasteiger partial charge in [-0.2, -0.15) is 5.10 Å². The van der Waals surface area contributed by atoms with Crippen LogP contribution >= 0.6 is 11.6 Å². The van der Waals surface area contributed by atoms with Crippen molar-refractivity contribution in [2.75, 3.05) is 5.32 Å². The third kappa shape index (κ3) is 4.06. The number of aromatic nitrogens is 2. The third-order valence-corrected chi connectivity index (χ3v) is 4.51. The fraction of sp³-hybridized carbons (Fsp3) is 0.200. The maximum absolute atomic E-state index is 12.3. The van der Waals surface area contributed by atoms with Crippen LogP contribution in [0.4, 0.5) is 5.69 Å². The van der Waals surface area contributed by atoms with Crippen LogP contribution in [0.5, 0.6) is 11.5 Å². The first-order valence-corrected chi connectivity index (χ1v) is 8.63. The fourth-order valence-electron chi connectivity index (χ4n) is 2.70. The van der Waals surface area contributed by atoms with Gasteiger partial charge in [0.05, 0.1) is 17.1 Å². The number of nitrogens with one attached hydrogen (secondary N) is 1. The molecule has 0 atom stereocenters. The van der Waals surface area contributed by atoms with Crippen LogP contribution in [-0.2, 0) is 18.3 Å². The number of carbonyl (C=O) groups excluding carboxylic acids is 1. The van der Waals surface area contributed by atoms with Gasteiger partial charge in [0.2, 0.25) is 5.91 Å². The van der Waals surface area contributed by atoms with Crippen molar-refractivity contribution in [1.82, 2.24) is 9.78 Å². The van der Waals surface area contributed by atoms with Crippen LogP contribution in [0.3, 0.4) is 0 Å². The van der Waals surface area contributed by atoms with E-state index in [9.17, 15) is 4.79 Å². The average molecular weight is 370 g/mol. The van der Waals surface area contributed by atoms with E-state index >= 15 is 0 Å². The molecule has 1 aromatic heterocycles. The van der Waals surface area contributed by atoms with Gasteiger partial charge in [-0.1, -0.05) is 23.7 Å². The number of hydrogen-bond donors (Lipinski definition) is 1. The smallest absolute Gasteiger partial charge is 0.228 e. The highest BCUT2D eigenvalue weighted by molar-refractivity contribution is 6.32. The zero-order chi connectivity index (χ0) is 18.7. The number of nitrogens with zero attached hydrogens (tertiary/aromatic N) is 2. The van der Waals surface area contributed by atoms with Crippen LogP contribution in [-0.4, -0.2) is 15.7 Å². The summed E-state index contributed by atoms with van der Waals surface area (Å²) >= 11 is 6.09. The van der Waals surface area contributed by atoms with Gasteiger partial charge in [-0.25, -0.2) is 0 Å². The lowest BCUT2D eigenvalue weighted by molar-refractivity contribution is -0.115. The van der Waals surface area contributed by atoms with Crippen LogP contribution in [0.15, 0.2) is 48.5 Å². The molecule has 0 aliphatic carbocycles. The first kappa shape index (κ1) is 18.0. The number of benzene rings is 2. The minimum Gasteiger partial charge on any atom is -0.456 e. The molecule has 5 nitrogen and oxygen atoms in total. The van der Waals surface area contributed by atoms with Gasteiger partial charge < -0.3 is 10.1 Å². The van der Waals surface area contributed by atoms with Gasteiger partial charge in [0.1, 0.15) is 11.5 Å². The van der Waals surface area contributed by atoms with Crippen molar-refractivity contribution in [3.8, 4) is 11.5 Å². The third-order valence-electron chi connectivity index (χ3n) is 4.20. The molecule has 0 bridgehead atoms. The normalized spacial score (nSPS) is 10.6. The zero-order valence-electron chi connectivity index (χ0n) is 14.9. The Morgan fingerprint density at radius 2 is 1.85 bits per heavy atom. The van der Waals surface area contributed by atoms with E-state index in [1.54, 1.807) is 41.1 Å². The Morgan fingerprint density at radius 3 is 2.46 bits per heavy atom. The minimum absolute atomic E-state index is 0.0797. The molecule has 0 fully saturated rings. The summed E-state index contributed by atoms with van der Waals surface area (Å²) in [5.41, 5.74) is 3.55. The van der Waals surface area contributed by atoms with Crippen molar-refractivity contribution in [3.05, 3.63) is 70.5 Å². The SMILES string of the molecule is Cc1nn(C)c(C)c1CC(=O)Nc1ccc(Oc2ccccc2Cl)cc1. The van der Waals surface area contributed by atoms with E-state index in [4.69, 9.17) is 16.3 Å². The van der Waals surface area contributed by atoms with Gasteiger partial charge in [-0.3, -0.25) is 9.48 Å². The second-order valence-corrected chi connectivity index (χ2v) is 6.46. The molecule has 0 spiro atoms. The van der Waals surface area contributed by atoms with E-state index in [1.165, 1.54) is 0 Å². The Balaban J connectivity index is 1.64. The Kier molecular flexibility index (Phi) is 5.28. The fourth-order valence-corrected chi connectivity index (χ4v) is 2.87. The van der Waals surface area contributed by atoms with Crippen molar-refractivity contribution in [3.63, 3.8) is 0 Å². The number of carbonyl (C=O) groups is 1. The summed E-state index contributed by atoms with van der Waals surface area (Å²) in [6, 6.07) is 14.5. The highest BCUT2D eigenvalue weighted by atomic mass is 35.5. The summed E-state index contributed by atoms with van der Waals surface area (Å²) in [5, 5.41) is 7.79. The molecule has 0 saturated carbocycles. The summed E-state index contributed by atoms with van der Waals surface area (Å²) in [4.78, 5) is 12.3. The molecule has 3 rings (SSSR count). The number of amides is 1. The number of ether oxygens (including phenoxy) is 1. The van der Waals surface area contributed by atoms with Gasteiger partial charge in [-0.15, -0.1) is 0 Å². The molecular weight excluding hydrogens is 350 g/mol. The number of hydrogen-bond acceptors (Lipinski definition) is 3. The zero-order valence-corrected chi connectivity index (χ0v) is 15.7. The van der Waals surface area contributed by atoms with Gasteiger partial charge in [0, 0.05) is 24.0 Å². The van der Waals surface area contributed by atoms with Gasteiger partial charge in [0.15, 0.2) is 0 Å². The Morgan fingerprint density at radius 1 is 1.15 bits per heavy atom. The number of anilines is 1. The molecule has 26 heavy (non-hydrogen) atoms. The largest absolute Gasteiger partial charge is 0.456 e. The van der Waals surface area contributed by atoms with Crippen LogP contribution < -0.4 is 10.1 Å². The van der Waals surface area contributed by atoms with E-state index in [-0.39, 0.29) is 5.91 Å². The monoisotopic (exact) mass is 369 g/mol. The highest BCUT2D eigenvalue weighted by Gasteiger charge is 2.13. The first-order valence-electron chi connectivity index (χ1n) is 8.25. The molecule has 0 radical (unpaired) electrons. The van der Waals surface area contributed by atoms with E-state index < -0.39 is 0 Å². The highest BCUT2D eigenvalue weighted by Crippen LogP contribution is 2.29. The Hall–Kier alpha value is -2.79. The summed E-state index contributed by atoms with van der Waals surface area (Å²) in [6.45, 7) is 3.87. The minimum atomic E-state index is -0.0797. The van der Waals surface area contributed by atoms with Crippen molar-refractivity contribution >= 4 is 23.2 Å². The van der Waals surface area contributed by atoms with E-state index in [1.807, 2.05) is 33.0 Å². The van der Waals surface area contributed by atoms with Gasteiger partial charge in [-0.05, 0) is 50.2 Å². The predicted octanol–water partition coefficient (Wildman–Crippen LogP) is 4.66. The van der Waals surface area contributed by atoms with Gasteiger partial charge >= 0.3 is 0 Å². The lowest BCUT2D eigenvalue weighted by Gasteiger charge is -2.09. The molecule has 1 amide bonds. The van der Waals surface area contributed by atoms with Crippen molar-refractivity contribution in [2.24, 2.45) is 7.05 Å². The summed E-state index contributed by atoms with van der Waals surface area (Å²) in [5.74, 6) is 1.16. The number of rotatable bonds is 5. The second-order valence-electron chi connectivity index (χ2n) is 6.05. The van der Waals surface area contributed by atoms with Crippen LogP contribution in [0.2, 0.25) is 5.02 Å². The topological polar surface area (TPSA) is 56.2 Å². The van der Waals surface area contributed by atoms with Gasteiger partial charge in [0.25, 0.3) is 0 Å². The lowest BCUT2D eigenvalue weighted by atomic mass is 10.1. The maximum atomic E-state index is 12.3. The molecule has 0 unspecified atom stereocenters. The standard InChI is InChI=1S/C20H20ClN3O2/c1-13-17(14(2)24(3)23-13)12-20(25)22-15-8-10-16(11-9-15)26-19-7-5-4-6-18(19)21/h4-11H,12H2,1-3H3,(H,22,25). The summed E-state index contributed by atoms with van der Waals surface area (Å²) in [7, 11) is 1.88. The molecule has 0 aliphatic rings. The Bertz CT molecular complexity index is 933. The van der Waals surface area contributed by atoms with E-state index in [0.29, 0.717) is 28.6 Å². The number of halogens is 1. The van der Waals surface area contributed by atoms with Crippen LogP contribution in [0.25, 0.3) is 0 Å². The van der Waals surface area contributed by atoms with Crippen molar-refractivity contribution in [1.29, 1.82) is 0 Å². The van der Waals surface area contributed by atoms with E-state index in [2.05, 4.69) is 10.4 Å². The lowest BCUT2D eigenvalue weighted by Crippen LogP contribution is -2.15. The number of para-hydroxylation sites is 1. The predicted molar refractivity (Wildman–Crippen MR) is 103 cm³/mol. The van der Waals surface area contributed by atoms with Crippen molar-refractivity contribution < 1.29 is 9.53 Å². The summed E-state index contributed by atoms with van der Waals surface area (Å²) < 4.78 is 7.53. The average Bonchev–Trinajstić information content (AvgIpc) is 2.85. The van der Waals surface area contributed by atoms with Crippen LogP contribution in [0, 0.1) is 13.8 Å². The first-order chi connectivity index (χ1) is 12.4. The molecule has 1 N–H and O–H groups in total. The van der Waals surface area contributed by atoms with E-state index in [0.717, 1.165) is 17.0 Å². The molecule has 1 heterocycles. The van der Waals surface area contributed by atoms with Crippen molar-refractivity contribution in [2.45, 2.75) is 20.3 Å². The quantitative estimate of drug-likeness (QED) is 0.711. The summed E-state index contributed by atoms with van der Waals surface area (Å²) in [6.07, 6.45) is 0.295. The molecular formula is C20H20ClN3O2. The Labute approximate surface area is 157 Å². The molecule has 3 aromatic rings. The molecule has 0 saturated heterocycles. The molecule has 2 aromatic carbocycles. The maximum Gasteiger partial charge on any atom is 0.228 e. The molecule has 134 valence electrons. The van der Waals surface area contributed by atoms with Crippen LogP contribution in [0.1, 0.15) is 17.0 Å².